The summed E-state index contributed by atoms with van der Waals surface area (Å²) in [7, 11) is 0. The van der Waals surface area contributed by atoms with Gasteiger partial charge in [0.2, 0.25) is 0 Å². The molecule has 8 nitrogen and oxygen atoms in total. The van der Waals surface area contributed by atoms with Gasteiger partial charge in [-0.3, -0.25) is 9.89 Å². The Morgan fingerprint density at radius 3 is 2.47 bits per heavy atom. The van der Waals surface area contributed by atoms with Gasteiger partial charge in [0.1, 0.15) is 5.84 Å². The third kappa shape index (κ3) is 6.59. The Labute approximate surface area is 215 Å². The molecule has 8 heteroatoms. The SMILES string of the molecule is C=C1C(=NCCN2CCOCC2)Nc2ccc(/C(C(C)=N)=C(\C)N)nc2N1Cc1ccccc1.CC. The molecular formula is C28H39N7O. The molecule has 2 aromatic rings. The lowest BCUT2D eigenvalue weighted by Crippen LogP contribution is -2.39. The summed E-state index contributed by atoms with van der Waals surface area (Å²) in [5, 5.41) is 11.6. The summed E-state index contributed by atoms with van der Waals surface area (Å²) in [4.78, 5) is 14.2. The van der Waals surface area contributed by atoms with Crippen LogP contribution < -0.4 is 16.0 Å². The maximum Gasteiger partial charge on any atom is 0.157 e. The van der Waals surface area contributed by atoms with Crippen LogP contribution >= 0.6 is 0 Å². The van der Waals surface area contributed by atoms with Crippen LogP contribution in [0.3, 0.4) is 0 Å². The number of ether oxygens (including phenoxy) is 1. The first-order chi connectivity index (χ1) is 17.4. The molecule has 0 saturated carbocycles. The van der Waals surface area contributed by atoms with Gasteiger partial charge in [-0.1, -0.05) is 50.8 Å². The molecule has 0 bridgehead atoms. The number of nitrogens with two attached hydrogens (primary N) is 1. The normalized spacial score (nSPS) is 17.5. The molecular weight excluding hydrogens is 450 g/mol. The van der Waals surface area contributed by atoms with Gasteiger partial charge in [-0.05, 0) is 31.5 Å². The highest BCUT2D eigenvalue weighted by Gasteiger charge is 2.27. The van der Waals surface area contributed by atoms with Crippen molar-refractivity contribution in [2.75, 3.05) is 49.6 Å². The van der Waals surface area contributed by atoms with E-state index in [9.17, 15) is 0 Å². The molecule has 0 radical (unpaired) electrons. The van der Waals surface area contributed by atoms with E-state index in [-0.39, 0.29) is 0 Å². The van der Waals surface area contributed by atoms with Gasteiger partial charge in [0.25, 0.3) is 0 Å². The van der Waals surface area contributed by atoms with E-state index >= 15 is 0 Å². The third-order valence-corrected chi connectivity index (χ3v) is 5.98. The number of amidine groups is 1. The molecule has 4 rings (SSSR count). The lowest BCUT2D eigenvalue weighted by molar-refractivity contribution is 0.0394. The van der Waals surface area contributed by atoms with Gasteiger partial charge in [-0.2, -0.15) is 0 Å². The van der Waals surface area contributed by atoms with Gasteiger partial charge in [0.15, 0.2) is 5.82 Å². The van der Waals surface area contributed by atoms with E-state index in [0.29, 0.717) is 35.8 Å². The Hall–Kier alpha value is -3.49. The summed E-state index contributed by atoms with van der Waals surface area (Å²) in [5.41, 5.74) is 11.1. The first-order valence-electron chi connectivity index (χ1n) is 12.6. The minimum Gasteiger partial charge on any atom is -0.402 e. The number of nitrogens with zero attached hydrogens (tertiary/aromatic N) is 4. The van der Waals surface area contributed by atoms with Crippen molar-refractivity contribution in [1.29, 1.82) is 5.41 Å². The molecule has 2 aliphatic heterocycles. The van der Waals surface area contributed by atoms with Crippen molar-refractivity contribution >= 4 is 28.6 Å². The van der Waals surface area contributed by atoms with Crippen molar-refractivity contribution in [1.82, 2.24) is 9.88 Å². The minimum atomic E-state index is 0.384. The highest BCUT2D eigenvalue weighted by Crippen LogP contribution is 2.35. The molecule has 0 amide bonds. The maximum absolute atomic E-state index is 8.17. The van der Waals surface area contributed by atoms with Crippen LogP contribution in [-0.2, 0) is 11.3 Å². The highest BCUT2D eigenvalue weighted by molar-refractivity contribution is 6.21. The van der Waals surface area contributed by atoms with Crippen LogP contribution in [-0.4, -0.2) is 60.8 Å². The van der Waals surface area contributed by atoms with E-state index in [4.69, 9.17) is 25.9 Å². The summed E-state index contributed by atoms with van der Waals surface area (Å²) in [6, 6.07) is 14.1. The fourth-order valence-corrected chi connectivity index (χ4v) is 4.23. The predicted molar refractivity (Wildman–Crippen MR) is 151 cm³/mol. The first kappa shape index (κ1) is 27.1. The molecule has 2 aliphatic rings. The maximum atomic E-state index is 8.17. The second-order valence-electron chi connectivity index (χ2n) is 8.58. The van der Waals surface area contributed by atoms with E-state index in [2.05, 4.69) is 33.8 Å². The molecule has 36 heavy (non-hydrogen) atoms. The molecule has 0 atom stereocenters. The van der Waals surface area contributed by atoms with E-state index in [1.807, 2.05) is 44.2 Å². The number of benzene rings is 1. The number of fused-ring (bicyclic) bond motifs is 1. The lowest BCUT2D eigenvalue weighted by atomic mass is 10.0. The molecule has 1 aromatic heterocycles. The number of rotatable bonds is 7. The summed E-state index contributed by atoms with van der Waals surface area (Å²) in [6.45, 7) is 17.5. The number of morpholine rings is 1. The first-order valence-corrected chi connectivity index (χ1v) is 12.6. The summed E-state index contributed by atoms with van der Waals surface area (Å²) >= 11 is 0. The number of hydrogen-bond donors (Lipinski definition) is 3. The average Bonchev–Trinajstić information content (AvgIpc) is 2.88. The minimum absolute atomic E-state index is 0.384. The van der Waals surface area contributed by atoms with Gasteiger partial charge in [0.05, 0.1) is 36.8 Å². The van der Waals surface area contributed by atoms with Crippen LogP contribution in [0.25, 0.3) is 5.57 Å². The zero-order valence-corrected chi connectivity index (χ0v) is 22.0. The van der Waals surface area contributed by atoms with Crippen LogP contribution in [0.5, 0.6) is 0 Å². The van der Waals surface area contributed by atoms with Crippen molar-refractivity contribution < 1.29 is 4.74 Å². The number of nitrogens with one attached hydrogen (secondary N) is 2. The molecule has 1 aromatic carbocycles. The van der Waals surface area contributed by atoms with Gasteiger partial charge in [0, 0.05) is 43.2 Å². The Morgan fingerprint density at radius 1 is 1.14 bits per heavy atom. The van der Waals surface area contributed by atoms with Gasteiger partial charge >= 0.3 is 0 Å². The number of allylic oxidation sites excluding steroid dienone is 2. The number of aliphatic imine (C=N–C) groups is 1. The van der Waals surface area contributed by atoms with Crippen molar-refractivity contribution in [3.8, 4) is 0 Å². The highest BCUT2D eigenvalue weighted by atomic mass is 16.5. The topological polar surface area (TPSA) is 103 Å². The molecule has 1 fully saturated rings. The predicted octanol–water partition coefficient (Wildman–Crippen LogP) is 4.51. The zero-order valence-electron chi connectivity index (χ0n) is 22.0. The van der Waals surface area contributed by atoms with E-state index in [0.717, 1.165) is 61.4 Å². The average molecular weight is 490 g/mol. The third-order valence-electron chi connectivity index (χ3n) is 5.98. The van der Waals surface area contributed by atoms with E-state index in [1.165, 1.54) is 0 Å². The Bertz CT molecular complexity index is 1110. The summed E-state index contributed by atoms with van der Waals surface area (Å²) in [5.74, 6) is 1.50. The fraction of sp³-hybridized carbons (Fsp3) is 0.393. The van der Waals surface area contributed by atoms with Crippen molar-refractivity contribution in [3.63, 3.8) is 0 Å². The quantitative estimate of drug-likeness (QED) is 0.495. The van der Waals surface area contributed by atoms with Gasteiger partial charge in [-0.25, -0.2) is 4.98 Å². The Morgan fingerprint density at radius 2 is 1.83 bits per heavy atom. The molecule has 0 aliphatic carbocycles. The molecule has 3 heterocycles. The molecule has 0 spiro atoms. The Balaban J connectivity index is 0.00000176. The van der Waals surface area contributed by atoms with E-state index < -0.39 is 0 Å². The zero-order chi connectivity index (χ0) is 26.1. The van der Waals surface area contributed by atoms with E-state index in [1.54, 1.807) is 13.8 Å². The number of anilines is 2. The van der Waals surface area contributed by atoms with Crippen LogP contribution in [0.2, 0.25) is 0 Å². The summed E-state index contributed by atoms with van der Waals surface area (Å²) in [6.07, 6.45) is 0. The number of aromatic nitrogens is 1. The van der Waals surface area contributed by atoms with Crippen molar-refractivity contribution in [2.24, 2.45) is 10.7 Å². The largest absolute Gasteiger partial charge is 0.402 e. The summed E-state index contributed by atoms with van der Waals surface area (Å²) < 4.78 is 5.44. The van der Waals surface area contributed by atoms with Crippen LogP contribution in [0, 0.1) is 5.41 Å². The molecule has 192 valence electrons. The molecule has 4 N–H and O–H groups in total. The monoisotopic (exact) mass is 489 g/mol. The Kier molecular flexibility index (Phi) is 9.78. The van der Waals surface area contributed by atoms with Crippen LogP contribution in [0.15, 0.2) is 65.4 Å². The number of hydrogen-bond acceptors (Lipinski definition) is 7. The van der Waals surface area contributed by atoms with Crippen molar-refractivity contribution in [3.05, 3.63) is 71.7 Å². The second-order valence-corrected chi connectivity index (χ2v) is 8.58. The standard InChI is InChI=1S/C26H33N7O.C2H6/c1-18(27)24(19(2)28)22-9-10-23-26(31-22)33(17-21-7-5-4-6-8-21)20(3)25(30-23)29-11-12-32-13-15-34-16-14-32;1-2/h4-10,27H,3,11-17,28H2,1-2H3,(H,29,30);1-2H3/b24-19+,27-18?;. The van der Waals surface area contributed by atoms with Gasteiger partial charge < -0.3 is 26.1 Å². The van der Waals surface area contributed by atoms with Gasteiger partial charge in [-0.15, -0.1) is 0 Å². The lowest BCUT2D eigenvalue weighted by Gasteiger charge is -2.34. The molecule has 0 unspecified atom stereocenters. The van der Waals surface area contributed by atoms with Crippen LogP contribution in [0.1, 0.15) is 39.0 Å². The fourth-order valence-electron chi connectivity index (χ4n) is 4.23. The van der Waals surface area contributed by atoms with Crippen molar-refractivity contribution in [2.45, 2.75) is 34.2 Å². The molecule has 1 saturated heterocycles. The smallest absolute Gasteiger partial charge is 0.157 e. The number of pyridine rings is 1. The van der Waals surface area contributed by atoms with Crippen LogP contribution in [0.4, 0.5) is 11.5 Å². The second kappa shape index (κ2) is 13.0.